The molecule has 4 rings (SSSR count). The number of carbonyl (C=O) groups excluding carboxylic acids is 2. The maximum atomic E-state index is 13.4. The third-order valence-electron chi connectivity index (χ3n) is 6.70. The molecule has 1 fully saturated rings. The third kappa shape index (κ3) is 7.14. The van der Waals surface area contributed by atoms with Crippen LogP contribution in [0.15, 0.2) is 83.9 Å². The largest absolute Gasteiger partial charge is 0.475 e. The fraction of sp³-hybridized carbons (Fsp3) is 0.296. The molecule has 9 nitrogen and oxygen atoms in total. The maximum absolute atomic E-state index is 13.4. The average Bonchev–Trinajstić information content (AvgIpc) is 2.90. The molecule has 1 aliphatic rings. The first kappa shape index (κ1) is 27.7. The van der Waals surface area contributed by atoms with Gasteiger partial charge in [0.1, 0.15) is 11.7 Å². The topological polar surface area (TPSA) is 146 Å². The Hall–Kier alpha value is -3.38. The van der Waals surface area contributed by atoms with Crippen molar-refractivity contribution in [2.45, 2.75) is 49.0 Å². The summed E-state index contributed by atoms with van der Waals surface area (Å²) in [6, 6.07) is 18.1. The van der Waals surface area contributed by atoms with Crippen molar-refractivity contribution in [2.75, 3.05) is 0 Å². The molecule has 1 amide bonds. The second-order valence-corrected chi connectivity index (χ2v) is 11.2. The van der Waals surface area contributed by atoms with Gasteiger partial charge in [-0.05, 0) is 48.6 Å². The molecule has 198 valence electrons. The molecule has 1 saturated carbocycles. The van der Waals surface area contributed by atoms with Gasteiger partial charge in [-0.1, -0.05) is 67.8 Å². The standard InChI is InChI=1S/C27H30BN3O6S/c32-26(23-14-4-5-15-29-23)21-12-7-13-22(18-21)38(36,37)31-24(16-19-8-2-1-3-9-19)27(33)30-25(28(34)35)17-20-10-6-11-20/h1-5,7-9,12-15,18,20,24-25,31,34-35H,6,10-11,16-17H2,(H,30,33)/t24-,25-/m0/s1. The van der Waals surface area contributed by atoms with Gasteiger partial charge in [-0.3, -0.25) is 14.6 Å². The van der Waals surface area contributed by atoms with Crippen LogP contribution in [-0.4, -0.2) is 54.2 Å². The Bertz CT molecular complexity index is 1350. The van der Waals surface area contributed by atoms with Gasteiger partial charge in [0.15, 0.2) is 0 Å². The molecule has 3 aromatic rings. The highest BCUT2D eigenvalue weighted by atomic mass is 32.2. The molecule has 38 heavy (non-hydrogen) atoms. The van der Waals surface area contributed by atoms with E-state index in [0.717, 1.165) is 24.8 Å². The number of ketones is 1. The van der Waals surface area contributed by atoms with E-state index in [1.54, 1.807) is 36.4 Å². The van der Waals surface area contributed by atoms with Gasteiger partial charge in [-0.2, -0.15) is 4.72 Å². The molecular formula is C27H30BN3O6S. The molecule has 1 heterocycles. The van der Waals surface area contributed by atoms with Gasteiger partial charge < -0.3 is 15.4 Å². The van der Waals surface area contributed by atoms with Gasteiger partial charge >= 0.3 is 7.12 Å². The van der Waals surface area contributed by atoms with Gasteiger partial charge in [-0.25, -0.2) is 8.42 Å². The Labute approximate surface area is 222 Å². The van der Waals surface area contributed by atoms with E-state index < -0.39 is 40.8 Å². The lowest BCUT2D eigenvalue weighted by Gasteiger charge is -2.30. The number of rotatable bonds is 12. The van der Waals surface area contributed by atoms with Crippen molar-refractivity contribution in [1.82, 2.24) is 15.0 Å². The lowest BCUT2D eigenvalue weighted by molar-refractivity contribution is -0.123. The van der Waals surface area contributed by atoms with E-state index >= 15 is 0 Å². The predicted octanol–water partition coefficient (Wildman–Crippen LogP) is 1.89. The summed E-state index contributed by atoms with van der Waals surface area (Å²) in [4.78, 5) is 30.0. The van der Waals surface area contributed by atoms with E-state index in [9.17, 15) is 28.1 Å². The van der Waals surface area contributed by atoms with Crippen molar-refractivity contribution in [1.29, 1.82) is 0 Å². The number of hydrogen-bond acceptors (Lipinski definition) is 7. The van der Waals surface area contributed by atoms with Crippen molar-refractivity contribution in [3.8, 4) is 0 Å². The smallest absolute Gasteiger partial charge is 0.426 e. The lowest BCUT2D eigenvalue weighted by Crippen LogP contribution is -2.55. The Balaban J connectivity index is 1.56. The van der Waals surface area contributed by atoms with Crippen molar-refractivity contribution >= 4 is 28.8 Å². The van der Waals surface area contributed by atoms with E-state index in [1.165, 1.54) is 36.5 Å². The summed E-state index contributed by atoms with van der Waals surface area (Å²) >= 11 is 0. The third-order valence-corrected chi connectivity index (χ3v) is 8.17. The Morgan fingerprint density at radius 1 is 1.00 bits per heavy atom. The normalized spacial score (nSPS) is 15.2. The van der Waals surface area contributed by atoms with Crippen LogP contribution in [0.5, 0.6) is 0 Å². The minimum Gasteiger partial charge on any atom is -0.426 e. The zero-order valence-corrected chi connectivity index (χ0v) is 21.5. The first-order chi connectivity index (χ1) is 18.2. The molecule has 0 saturated heterocycles. The van der Waals surface area contributed by atoms with Gasteiger partial charge in [0.05, 0.1) is 10.8 Å². The number of aromatic nitrogens is 1. The van der Waals surface area contributed by atoms with Crippen molar-refractivity contribution < 1.29 is 28.1 Å². The summed E-state index contributed by atoms with van der Waals surface area (Å²) in [5.74, 6) is -1.74. The van der Waals surface area contributed by atoms with E-state index in [1.807, 2.05) is 6.07 Å². The van der Waals surface area contributed by atoms with Crippen molar-refractivity contribution in [3.63, 3.8) is 0 Å². The summed E-state index contributed by atoms with van der Waals surface area (Å²) < 4.78 is 29.2. The lowest BCUT2D eigenvalue weighted by atomic mass is 9.69. The quantitative estimate of drug-likeness (QED) is 0.205. The first-order valence-electron chi connectivity index (χ1n) is 12.5. The Morgan fingerprint density at radius 2 is 1.74 bits per heavy atom. The number of hydrogen-bond donors (Lipinski definition) is 4. The van der Waals surface area contributed by atoms with Gasteiger partial charge in [0, 0.05) is 11.8 Å². The van der Waals surface area contributed by atoms with Gasteiger partial charge in [0.2, 0.25) is 21.7 Å². The Kier molecular flexibility index (Phi) is 9.06. The number of pyridine rings is 1. The first-order valence-corrected chi connectivity index (χ1v) is 14.0. The average molecular weight is 535 g/mol. The van der Waals surface area contributed by atoms with Crippen LogP contribution < -0.4 is 10.0 Å². The highest BCUT2D eigenvalue weighted by Crippen LogP contribution is 2.30. The van der Waals surface area contributed by atoms with Crippen LogP contribution in [0, 0.1) is 5.92 Å². The second kappa shape index (κ2) is 12.4. The molecule has 0 bridgehead atoms. The van der Waals surface area contributed by atoms with Crippen LogP contribution in [0.4, 0.5) is 0 Å². The minimum absolute atomic E-state index is 0.0378. The van der Waals surface area contributed by atoms with Crippen LogP contribution in [0.3, 0.4) is 0 Å². The number of nitrogens with zero attached hydrogens (tertiary/aromatic N) is 1. The highest BCUT2D eigenvalue weighted by molar-refractivity contribution is 7.89. The molecule has 4 N–H and O–H groups in total. The molecule has 1 aliphatic carbocycles. The van der Waals surface area contributed by atoms with E-state index in [4.69, 9.17) is 0 Å². The number of benzene rings is 2. The van der Waals surface area contributed by atoms with Crippen LogP contribution in [0.1, 0.15) is 47.3 Å². The SMILES string of the molecule is O=C(c1cccc(S(=O)(=O)N[C@@H](Cc2ccccc2)C(=O)N[C@@H](CC2CCC2)B(O)O)c1)c1ccccn1. The van der Waals surface area contributed by atoms with Crippen molar-refractivity contribution in [3.05, 3.63) is 95.8 Å². The zero-order chi connectivity index (χ0) is 27.1. The molecule has 1 aromatic heterocycles. The van der Waals surface area contributed by atoms with Crippen LogP contribution in [0.2, 0.25) is 0 Å². The number of nitrogens with one attached hydrogen (secondary N) is 2. The summed E-state index contributed by atoms with van der Waals surface area (Å²) in [6.07, 6.45) is 4.87. The molecule has 11 heteroatoms. The Morgan fingerprint density at radius 3 is 2.37 bits per heavy atom. The number of carbonyl (C=O) groups is 2. The zero-order valence-electron chi connectivity index (χ0n) is 20.7. The molecular weight excluding hydrogens is 505 g/mol. The fourth-order valence-electron chi connectivity index (χ4n) is 4.37. The monoisotopic (exact) mass is 535 g/mol. The van der Waals surface area contributed by atoms with Crippen LogP contribution in [-0.2, 0) is 21.2 Å². The molecule has 0 unspecified atom stereocenters. The second-order valence-electron chi connectivity index (χ2n) is 9.50. The highest BCUT2D eigenvalue weighted by Gasteiger charge is 2.34. The van der Waals surface area contributed by atoms with Crippen molar-refractivity contribution in [2.24, 2.45) is 5.92 Å². The molecule has 2 atom stereocenters. The van der Waals surface area contributed by atoms with Gasteiger partial charge in [0.25, 0.3) is 0 Å². The van der Waals surface area contributed by atoms with Gasteiger partial charge in [-0.15, -0.1) is 0 Å². The van der Waals surface area contributed by atoms with Crippen LogP contribution >= 0.6 is 0 Å². The number of amides is 1. The van der Waals surface area contributed by atoms with E-state index in [2.05, 4.69) is 15.0 Å². The summed E-state index contributed by atoms with van der Waals surface area (Å²) in [6.45, 7) is 0. The number of sulfonamides is 1. The minimum atomic E-state index is -4.24. The molecule has 0 spiro atoms. The predicted molar refractivity (Wildman–Crippen MR) is 142 cm³/mol. The summed E-state index contributed by atoms with van der Waals surface area (Å²) in [5.41, 5.74) is 1.03. The molecule has 0 aliphatic heterocycles. The van der Waals surface area contributed by atoms with Crippen LogP contribution in [0.25, 0.3) is 0 Å². The summed E-state index contributed by atoms with van der Waals surface area (Å²) in [7, 11) is -6.02. The summed E-state index contributed by atoms with van der Waals surface area (Å²) in [5, 5.41) is 22.3. The van der Waals surface area contributed by atoms with E-state index in [-0.39, 0.29) is 28.5 Å². The fourth-order valence-corrected chi connectivity index (χ4v) is 5.61. The molecule has 2 aromatic carbocycles. The maximum Gasteiger partial charge on any atom is 0.475 e. The van der Waals surface area contributed by atoms with E-state index in [0.29, 0.717) is 6.42 Å². The molecule has 0 radical (unpaired) electrons.